The smallest absolute Gasteiger partial charge is 0.309 e. The van der Waals surface area contributed by atoms with E-state index in [0.29, 0.717) is 6.54 Å². The van der Waals surface area contributed by atoms with Crippen molar-refractivity contribution in [3.05, 3.63) is 29.8 Å². The number of carbonyl (C=O) groups is 2. The summed E-state index contributed by atoms with van der Waals surface area (Å²) in [5.74, 6) is -1.44. The van der Waals surface area contributed by atoms with Gasteiger partial charge >= 0.3 is 11.8 Å². The highest BCUT2D eigenvalue weighted by atomic mass is 16.3. The lowest BCUT2D eigenvalue weighted by Gasteiger charge is -2.25. The third-order valence-corrected chi connectivity index (χ3v) is 3.48. The van der Waals surface area contributed by atoms with Gasteiger partial charge in [-0.05, 0) is 31.8 Å². The number of carbonyl (C=O) groups excluding carboxylic acids is 2. The Balaban J connectivity index is 2.68. The monoisotopic (exact) mass is 322 g/mol. The van der Waals surface area contributed by atoms with Crippen molar-refractivity contribution in [2.75, 3.05) is 52.8 Å². The summed E-state index contributed by atoms with van der Waals surface area (Å²) < 4.78 is 0. The molecule has 0 aliphatic heterocycles. The first kappa shape index (κ1) is 18.9. The van der Waals surface area contributed by atoms with Crippen molar-refractivity contribution in [2.24, 2.45) is 0 Å². The minimum atomic E-state index is -0.737. The number of rotatable bonds is 7. The van der Waals surface area contributed by atoms with Crippen LogP contribution < -0.4 is 15.5 Å². The van der Waals surface area contributed by atoms with Gasteiger partial charge in [-0.25, -0.2) is 0 Å². The molecule has 7 heteroatoms. The molecule has 0 bridgehead atoms. The predicted molar refractivity (Wildman–Crippen MR) is 90.3 cm³/mol. The van der Waals surface area contributed by atoms with Crippen LogP contribution in [0.15, 0.2) is 24.3 Å². The van der Waals surface area contributed by atoms with E-state index in [0.717, 1.165) is 11.3 Å². The quantitative estimate of drug-likeness (QED) is 0.594. The summed E-state index contributed by atoms with van der Waals surface area (Å²) in [7, 11) is 7.79. The summed E-state index contributed by atoms with van der Waals surface area (Å²) in [5, 5.41) is 13.6. The van der Waals surface area contributed by atoms with Crippen molar-refractivity contribution < 1.29 is 14.7 Å². The first-order chi connectivity index (χ1) is 10.9. The van der Waals surface area contributed by atoms with Crippen molar-refractivity contribution in [1.82, 2.24) is 15.5 Å². The van der Waals surface area contributed by atoms with Crippen molar-refractivity contribution in [3.63, 3.8) is 0 Å². The summed E-state index contributed by atoms with van der Waals surface area (Å²) in [4.78, 5) is 27.2. The lowest BCUT2D eigenvalue weighted by atomic mass is 10.1. The van der Waals surface area contributed by atoms with Crippen LogP contribution in [-0.2, 0) is 9.59 Å². The molecule has 0 unspecified atom stereocenters. The van der Waals surface area contributed by atoms with Gasteiger partial charge in [0.25, 0.3) is 0 Å². The Morgan fingerprint density at radius 1 is 1.04 bits per heavy atom. The number of aliphatic hydroxyl groups is 1. The number of nitrogens with zero attached hydrogens (tertiary/aromatic N) is 2. The zero-order valence-corrected chi connectivity index (χ0v) is 14.2. The van der Waals surface area contributed by atoms with Crippen LogP contribution in [0.1, 0.15) is 11.6 Å². The highest BCUT2D eigenvalue weighted by molar-refractivity contribution is 6.35. The first-order valence-corrected chi connectivity index (χ1v) is 7.47. The highest BCUT2D eigenvalue weighted by Gasteiger charge is 2.18. The molecule has 0 fully saturated rings. The van der Waals surface area contributed by atoms with Crippen molar-refractivity contribution in [2.45, 2.75) is 6.04 Å². The summed E-state index contributed by atoms with van der Waals surface area (Å²) in [6, 6.07) is 8.01. The Bertz CT molecular complexity index is 515. The van der Waals surface area contributed by atoms with Gasteiger partial charge in [0.05, 0.1) is 12.6 Å². The molecule has 0 aromatic heterocycles. The van der Waals surface area contributed by atoms with E-state index in [-0.39, 0.29) is 19.2 Å². The maximum Gasteiger partial charge on any atom is 0.309 e. The third kappa shape index (κ3) is 5.88. The largest absolute Gasteiger partial charge is 0.395 e. The number of amides is 2. The van der Waals surface area contributed by atoms with Gasteiger partial charge < -0.3 is 25.5 Å². The second-order valence-electron chi connectivity index (χ2n) is 5.65. The maximum absolute atomic E-state index is 11.7. The molecule has 0 radical (unpaired) electrons. The maximum atomic E-state index is 11.7. The minimum absolute atomic E-state index is 0.0409. The van der Waals surface area contributed by atoms with Crippen LogP contribution in [0.4, 0.5) is 5.69 Å². The zero-order chi connectivity index (χ0) is 17.4. The third-order valence-electron chi connectivity index (χ3n) is 3.48. The summed E-state index contributed by atoms with van der Waals surface area (Å²) in [6.45, 7) is 0.187. The van der Waals surface area contributed by atoms with Crippen LogP contribution in [0.25, 0.3) is 0 Å². The number of likely N-dealkylation sites (N-methyl/N-ethyl adjacent to an activating group) is 1. The van der Waals surface area contributed by atoms with Crippen molar-refractivity contribution in [1.29, 1.82) is 0 Å². The minimum Gasteiger partial charge on any atom is -0.395 e. The molecule has 0 heterocycles. The average Bonchev–Trinajstić information content (AvgIpc) is 2.52. The first-order valence-electron chi connectivity index (χ1n) is 7.47. The lowest BCUT2D eigenvalue weighted by molar-refractivity contribution is -0.139. The average molecular weight is 322 g/mol. The number of hydrogen-bond acceptors (Lipinski definition) is 5. The normalized spacial score (nSPS) is 11.9. The highest BCUT2D eigenvalue weighted by Crippen LogP contribution is 2.20. The van der Waals surface area contributed by atoms with Gasteiger partial charge in [0.1, 0.15) is 0 Å². The van der Waals surface area contributed by atoms with Gasteiger partial charge in [0.15, 0.2) is 0 Å². The van der Waals surface area contributed by atoms with Gasteiger partial charge in [0, 0.05) is 32.9 Å². The van der Waals surface area contributed by atoms with Gasteiger partial charge in [-0.1, -0.05) is 12.1 Å². The molecule has 1 aromatic rings. The molecule has 0 aliphatic rings. The van der Waals surface area contributed by atoms with Gasteiger partial charge in [-0.2, -0.15) is 0 Å². The fourth-order valence-corrected chi connectivity index (χ4v) is 2.11. The molecular weight excluding hydrogens is 296 g/mol. The molecule has 3 N–H and O–H groups in total. The predicted octanol–water partition coefficient (Wildman–Crippen LogP) is -0.420. The summed E-state index contributed by atoms with van der Waals surface area (Å²) in [5.41, 5.74) is 2.15. The number of anilines is 1. The molecule has 0 saturated heterocycles. The second-order valence-corrected chi connectivity index (χ2v) is 5.65. The van der Waals surface area contributed by atoms with Crippen LogP contribution in [0, 0.1) is 0 Å². The summed E-state index contributed by atoms with van der Waals surface area (Å²) in [6.07, 6.45) is 0. The van der Waals surface area contributed by atoms with Crippen LogP contribution in [-0.4, -0.2) is 69.7 Å². The molecule has 2 amide bonds. The lowest BCUT2D eigenvalue weighted by Crippen LogP contribution is -2.43. The fraction of sp³-hybridized carbons (Fsp3) is 0.500. The van der Waals surface area contributed by atoms with E-state index in [1.54, 1.807) is 0 Å². The van der Waals surface area contributed by atoms with Crippen LogP contribution >= 0.6 is 0 Å². The topological polar surface area (TPSA) is 84.9 Å². The zero-order valence-electron chi connectivity index (χ0n) is 14.2. The second kappa shape index (κ2) is 9.12. The van der Waals surface area contributed by atoms with E-state index in [4.69, 9.17) is 5.11 Å². The molecule has 0 saturated carbocycles. The van der Waals surface area contributed by atoms with Gasteiger partial charge in [-0.15, -0.1) is 0 Å². The Morgan fingerprint density at radius 3 is 2.09 bits per heavy atom. The molecule has 23 heavy (non-hydrogen) atoms. The SMILES string of the molecule is CN(C)c1ccc([C@H](CNC(=O)C(=O)NCCO)N(C)C)cc1. The number of hydrogen-bond donors (Lipinski definition) is 3. The van der Waals surface area contributed by atoms with E-state index in [9.17, 15) is 9.59 Å². The standard InChI is InChI=1S/C16H26N4O3/c1-19(2)13-7-5-12(6-8-13)14(20(3)4)11-18-16(23)15(22)17-9-10-21/h5-8,14,21H,9-11H2,1-4H3,(H,17,22)(H,18,23)/t14-/m0/s1. The van der Waals surface area contributed by atoms with E-state index >= 15 is 0 Å². The van der Waals surface area contributed by atoms with Crippen molar-refractivity contribution >= 4 is 17.5 Å². The molecule has 1 atom stereocenters. The number of aliphatic hydroxyl groups excluding tert-OH is 1. The Morgan fingerprint density at radius 2 is 1.61 bits per heavy atom. The molecule has 128 valence electrons. The molecule has 1 aromatic carbocycles. The fourth-order valence-electron chi connectivity index (χ4n) is 2.11. The summed E-state index contributed by atoms with van der Waals surface area (Å²) >= 11 is 0. The van der Waals surface area contributed by atoms with Crippen LogP contribution in [0.2, 0.25) is 0 Å². The number of benzene rings is 1. The van der Waals surface area contributed by atoms with Crippen LogP contribution in [0.5, 0.6) is 0 Å². The van der Waals surface area contributed by atoms with E-state index in [2.05, 4.69) is 10.6 Å². The Kier molecular flexibility index (Phi) is 7.50. The van der Waals surface area contributed by atoms with Crippen molar-refractivity contribution in [3.8, 4) is 0 Å². The molecule has 0 aliphatic carbocycles. The molecule has 1 rings (SSSR count). The molecule has 7 nitrogen and oxygen atoms in total. The molecular formula is C16H26N4O3. The molecule has 0 spiro atoms. The van der Waals surface area contributed by atoms with Gasteiger partial charge in [-0.3, -0.25) is 9.59 Å². The van der Waals surface area contributed by atoms with E-state index in [1.807, 2.05) is 62.3 Å². The van der Waals surface area contributed by atoms with Crippen LogP contribution in [0.3, 0.4) is 0 Å². The Hall–Kier alpha value is -2.12. The van der Waals surface area contributed by atoms with Gasteiger partial charge in [0.2, 0.25) is 0 Å². The van der Waals surface area contributed by atoms with E-state index < -0.39 is 11.8 Å². The van der Waals surface area contributed by atoms with E-state index in [1.165, 1.54) is 0 Å². The Labute approximate surface area is 137 Å². The number of nitrogens with one attached hydrogen (secondary N) is 2.